The van der Waals surface area contributed by atoms with Crippen LogP contribution in [0.4, 0.5) is 40.8 Å². The van der Waals surface area contributed by atoms with Gasteiger partial charge in [-0.1, -0.05) is 29.8 Å². The molecule has 1 amide bonds. The third kappa shape index (κ3) is 5.63. The SMILES string of the molecule is Cc1ccc(S(=O)N2c3ccc(C(O)(C(F)(F)F)C(F)(F)F)cc3CC[C@H]2CC(=O)NC2CC(F)(F)C2)cc1. The van der Waals surface area contributed by atoms with Gasteiger partial charge in [-0.2, -0.15) is 26.3 Å². The summed E-state index contributed by atoms with van der Waals surface area (Å²) >= 11 is 0. The predicted molar refractivity (Wildman–Crippen MR) is 125 cm³/mol. The standard InChI is InChI=1S/C25H24F8N2O3S/c1-14-2-7-19(8-3-14)39(38)35-18(11-21(36)34-17-12-22(26,27)13-17)6-4-15-10-16(5-9-20(15)35)23(37,24(28,29)30)25(31,32)33/h2-3,5,7-10,17-18,37H,4,6,11-13H2,1H3,(H,34,36)/t18-,39?/m0/s1. The number of aliphatic hydroxyl groups is 1. The van der Waals surface area contributed by atoms with Gasteiger partial charge in [-0.05, 0) is 43.5 Å². The minimum atomic E-state index is -6.07. The first kappa shape index (κ1) is 29.2. The number of carbonyl (C=O) groups excluding carboxylic acids is 1. The first-order valence-electron chi connectivity index (χ1n) is 11.9. The quantitative estimate of drug-likeness (QED) is 0.444. The van der Waals surface area contributed by atoms with Crippen LogP contribution in [0.3, 0.4) is 0 Å². The smallest absolute Gasteiger partial charge is 0.369 e. The molecule has 14 heteroatoms. The molecule has 1 saturated carbocycles. The number of alkyl halides is 8. The maximum absolute atomic E-state index is 13.6. The van der Waals surface area contributed by atoms with Crippen LogP contribution in [-0.2, 0) is 27.8 Å². The van der Waals surface area contributed by atoms with Crippen molar-refractivity contribution in [1.29, 1.82) is 0 Å². The Morgan fingerprint density at radius 1 is 1.05 bits per heavy atom. The highest BCUT2D eigenvalue weighted by molar-refractivity contribution is 7.86. The summed E-state index contributed by atoms with van der Waals surface area (Å²) < 4.78 is 122. The van der Waals surface area contributed by atoms with E-state index in [1.54, 1.807) is 19.1 Å². The highest BCUT2D eigenvalue weighted by Crippen LogP contribution is 2.51. The summed E-state index contributed by atoms with van der Waals surface area (Å²) in [5.74, 6) is -3.47. The molecule has 2 aliphatic rings. The van der Waals surface area contributed by atoms with Crippen molar-refractivity contribution in [3.8, 4) is 0 Å². The van der Waals surface area contributed by atoms with E-state index in [-0.39, 0.29) is 35.4 Å². The maximum Gasteiger partial charge on any atom is 0.430 e. The lowest BCUT2D eigenvalue weighted by Crippen LogP contribution is -2.54. The topological polar surface area (TPSA) is 69.6 Å². The molecule has 0 saturated heterocycles. The second-order valence-electron chi connectivity index (χ2n) is 9.86. The van der Waals surface area contributed by atoms with Crippen LogP contribution >= 0.6 is 0 Å². The monoisotopic (exact) mass is 584 g/mol. The number of carbonyl (C=O) groups is 1. The molecular formula is C25H24F8N2O3S. The lowest BCUT2D eigenvalue weighted by Gasteiger charge is -2.40. The van der Waals surface area contributed by atoms with Gasteiger partial charge in [0.15, 0.2) is 11.0 Å². The van der Waals surface area contributed by atoms with E-state index in [0.717, 1.165) is 11.6 Å². The lowest BCUT2D eigenvalue weighted by molar-refractivity contribution is -0.376. The number of hydrogen-bond acceptors (Lipinski definition) is 3. The Bertz CT molecular complexity index is 1240. The minimum Gasteiger partial charge on any atom is -0.369 e. The molecule has 1 heterocycles. The molecule has 0 aromatic heterocycles. The minimum absolute atomic E-state index is 0.0127. The second-order valence-corrected chi connectivity index (χ2v) is 11.2. The van der Waals surface area contributed by atoms with E-state index in [1.165, 1.54) is 16.4 Å². The summed E-state index contributed by atoms with van der Waals surface area (Å²) in [5.41, 5.74) is -5.73. The molecule has 2 aromatic carbocycles. The van der Waals surface area contributed by atoms with E-state index in [0.29, 0.717) is 12.1 Å². The third-order valence-electron chi connectivity index (χ3n) is 6.91. The number of rotatable bonds is 6. The fraction of sp³-hybridized carbons (Fsp3) is 0.480. The van der Waals surface area contributed by atoms with Crippen LogP contribution in [0.15, 0.2) is 47.4 Å². The van der Waals surface area contributed by atoms with E-state index in [9.17, 15) is 49.2 Å². The van der Waals surface area contributed by atoms with Gasteiger partial charge in [-0.15, -0.1) is 0 Å². The number of fused-ring (bicyclic) bond motifs is 1. The average Bonchev–Trinajstić information content (AvgIpc) is 2.80. The van der Waals surface area contributed by atoms with Gasteiger partial charge in [0, 0.05) is 30.9 Å². The van der Waals surface area contributed by atoms with Gasteiger partial charge < -0.3 is 10.4 Å². The van der Waals surface area contributed by atoms with E-state index >= 15 is 0 Å². The van der Waals surface area contributed by atoms with Gasteiger partial charge in [0.25, 0.3) is 11.5 Å². The Labute approximate surface area is 220 Å². The Morgan fingerprint density at radius 3 is 2.18 bits per heavy atom. The Hall–Kier alpha value is -2.74. The van der Waals surface area contributed by atoms with Gasteiger partial charge in [-0.3, -0.25) is 9.10 Å². The number of nitrogens with one attached hydrogen (secondary N) is 1. The van der Waals surface area contributed by atoms with E-state index in [4.69, 9.17) is 0 Å². The summed E-state index contributed by atoms with van der Waals surface area (Å²) in [6.45, 7) is 1.78. The van der Waals surface area contributed by atoms with Gasteiger partial charge in [0.2, 0.25) is 5.91 Å². The maximum atomic E-state index is 13.6. The molecule has 1 fully saturated rings. The number of benzene rings is 2. The fourth-order valence-electron chi connectivity index (χ4n) is 4.79. The summed E-state index contributed by atoms with van der Waals surface area (Å²) in [7, 11) is -2.03. The summed E-state index contributed by atoms with van der Waals surface area (Å²) in [6, 6.07) is 6.82. The number of aryl methyl sites for hydroxylation is 2. The number of nitrogens with zero attached hydrogens (tertiary/aromatic N) is 1. The van der Waals surface area contributed by atoms with Crippen molar-refractivity contribution in [2.45, 2.75) is 79.9 Å². The van der Waals surface area contributed by atoms with Crippen LogP contribution in [0.2, 0.25) is 0 Å². The summed E-state index contributed by atoms with van der Waals surface area (Å²) in [6.07, 6.45) is -13.6. The highest BCUT2D eigenvalue weighted by Gasteiger charge is 2.71. The molecule has 5 nitrogen and oxygen atoms in total. The van der Waals surface area contributed by atoms with Crippen molar-refractivity contribution >= 4 is 22.6 Å². The van der Waals surface area contributed by atoms with Crippen LogP contribution < -0.4 is 9.62 Å². The Balaban J connectivity index is 1.69. The number of anilines is 1. The number of halogens is 8. The largest absolute Gasteiger partial charge is 0.430 e. The first-order valence-corrected chi connectivity index (χ1v) is 13.0. The highest BCUT2D eigenvalue weighted by atomic mass is 32.2. The normalized spacial score (nSPS) is 20.7. The molecule has 1 unspecified atom stereocenters. The van der Waals surface area contributed by atoms with Gasteiger partial charge >= 0.3 is 12.4 Å². The fourth-order valence-corrected chi connectivity index (χ4v) is 6.20. The van der Waals surface area contributed by atoms with Crippen molar-refractivity contribution < 1.29 is 49.2 Å². The van der Waals surface area contributed by atoms with E-state index < -0.39 is 71.3 Å². The Morgan fingerprint density at radius 2 is 1.64 bits per heavy atom. The number of hydrogen-bond donors (Lipinski definition) is 2. The van der Waals surface area contributed by atoms with E-state index in [2.05, 4.69) is 5.32 Å². The molecule has 0 spiro atoms. The second kappa shape index (κ2) is 10.0. The first-order chi connectivity index (χ1) is 17.9. The molecule has 2 aromatic rings. The van der Waals surface area contributed by atoms with E-state index in [1.807, 2.05) is 0 Å². The average molecular weight is 585 g/mol. The zero-order valence-corrected chi connectivity index (χ0v) is 21.2. The molecule has 0 radical (unpaired) electrons. The molecule has 1 aliphatic heterocycles. The molecule has 0 bridgehead atoms. The van der Waals surface area contributed by atoms with Gasteiger partial charge in [0.1, 0.15) is 0 Å². The van der Waals surface area contributed by atoms with Crippen LogP contribution in [-0.4, -0.2) is 45.6 Å². The summed E-state index contributed by atoms with van der Waals surface area (Å²) in [4.78, 5) is 12.9. The van der Waals surface area contributed by atoms with Crippen molar-refractivity contribution in [2.75, 3.05) is 4.31 Å². The van der Waals surface area contributed by atoms with Crippen molar-refractivity contribution in [1.82, 2.24) is 5.32 Å². The zero-order chi connectivity index (χ0) is 29.0. The zero-order valence-electron chi connectivity index (χ0n) is 20.4. The van der Waals surface area contributed by atoms with Gasteiger partial charge in [-0.25, -0.2) is 13.0 Å². The molecule has 214 valence electrons. The molecule has 2 N–H and O–H groups in total. The van der Waals surface area contributed by atoms with Crippen LogP contribution in [0, 0.1) is 6.92 Å². The molecule has 1 aliphatic carbocycles. The van der Waals surface area contributed by atoms with Crippen LogP contribution in [0.25, 0.3) is 0 Å². The van der Waals surface area contributed by atoms with Crippen LogP contribution in [0.5, 0.6) is 0 Å². The van der Waals surface area contributed by atoms with Crippen molar-refractivity contribution in [3.05, 3.63) is 59.2 Å². The molecule has 2 atom stereocenters. The molecule has 4 rings (SSSR count). The van der Waals surface area contributed by atoms with Crippen molar-refractivity contribution in [3.63, 3.8) is 0 Å². The van der Waals surface area contributed by atoms with Crippen LogP contribution in [0.1, 0.15) is 42.4 Å². The Kier molecular flexibility index (Phi) is 7.52. The predicted octanol–water partition coefficient (Wildman–Crippen LogP) is 5.46. The molecule has 39 heavy (non-hydrogen) atoms. The van der Waals surface area contributed by atoms with Crippen molar-refractivity contribution in [2.24, 2.45) is 0 Å². The third-order valence-corrected chi connectivity index (χ3v) is 8.44. The number of amides is 1. The molecular weight excluding hydrogens is 560 g/mol. The summed E-state index contributed by atoms with van der Waals surface area (Å²) in [5, 5.41) is 12.3. The lowest BCUT2D eigenvalue weighted by atomic mass is 9.87. The van der Waals surface area contributed by atoms with Gasteiger partial charge in [0.05, 0.1) is 16.6 Å².